The second kappa shape index (κ2) is 8.90. The average Bonchev–Trinajstić information content (AvgIpc) is 2.41. The lowest BCUT2D eigenvalue weighted by Gasteiger charge is -2.07. The van der Waals surface area contributed by atoms with Crippen LogP contribution in [0.1, 0.15) is 19.8 Å². The molecule has 110 valence electrons. The molecule has 0 unspecified atom stereocenters. The average molecular weight is 283 g/mol. The molecule has 0 spiro atoms. The number of hydrogen-bond donors (Lipinski definition) is 1. The molecule has 0 aliphatic rings. The zero-order valence-corrected chi connectivity index (χ0v) is 11.4. The van der Waals surface area contributed by atoms with E-state index in [4.69, 9.17) is 9.47 Å². The molecule has 0 saturated heterocycles. The zero-order valence-electron chi connectivity index (χ0n) is 11.4. The van der Waals surface area contributed by atoms with E-state index in [1.54, 1.807) is 19.1 Å². The summed E-state index contributed by atoms with van der Waals surface area (Å²) in [6.45, 7) is 2.34. The van der Waals surface area contributed by atoms with Crippen LogP contribution in [0, 0.1) is 5.82 Å². The largest absolute Gasteiger partial charge is 0.490 e. The van der Waals surface area contributed by atoms with Gasteiger partial charge in [-0.05, 0) is 19.1 Å². The molecule has 0 aliphatic carbocycles. The van der Waals surface area contributed by atoms with Gasteiger partial charge in [-0.3, -0.25) is 9.59 Å². The van der Waals surface area contributed by atoms with E-state index in [1.807, 2.05) is 0 Å². The molecule has 0 aromatic heterocycles. The van der Waals surface area contributed by atoms with E-state index in [0.717, 1.165) is 0 Å². The van der Waals surface area contributed by atoms with E-state index >= 15 is 0 Å². The second-order valence-electron chi connectivity index (χ2n) is 3.93. The molecule has 0 fully saturated rings. The summed E-state index contributed by atoms with van der Waals surface area (Å²) in [7, 11) is 0. The number of carbonyl (C=O) groups excluding carboxylic acids is 2. The maximum atomic E-state index is 13.2. The van der Waals surface area contributed by atoms with Crippen molar-refractivity contribution in [3.63, 3.8) is 0 Å². The van der Waals surface area contributed by atoms with E-state index in [-0.39, 0.29) is 43.6 Å². The summed E-state index contributed by atoms with van der Waals surface area (Å²) < 4.78 is 23.1. The molecular formula is C14H18FNO4. The number of halogens is 1. The van der Waals surface area contributed by atoms with Crippen molar-refractivity contribution in [3.8, 4) is 5.75 Å². The minimum absolute atomic E-state index is 0.0756. The molecule has 1 rings (SSSR count). The molecule has 0 atom stereocenters. The number of nitrogens with one attached hydrogen (secondary N) is 1. The van der Waals surface area contributed by atoms with Gasteiger partial charge in [0.15, 0.2) is 11.6 Å². The molecule has 20 heavy (non-hydrogen) atoms. The van der Waals surface area contributed by atoms with Crippen LogP contribution in [0.3, 0.4) is 0 Å². The van der Waals surface area contributed by atoms with Crippen molar-refractivity contribution >= 4 is 11.9 Å². The lowest BCUT2D eigenvalue weighted by atomic mass is 10.3. The van der Waals surface area contributed by atoms with Gasteiger partial charge in [-0.15, -0.1) is 0 Å². The Bertz CT molecular complexity index is 451. The Kier molecular flexibility index (Phi) is 7.10. The predicted molar refractivity (Wildman–Crippen MR) is 70.8 cm³/mol. The second-order valence-corrected chi connectivity index (χ2v) is 3.93. The third-order valence-electron chi connectivity index (χ3n) is 2.38. The summed E-state index contributed by atoms with van der Waals surface area (Å²) in [5.74, 6) is -0.955. The van der Waals surface area contributed by atoms with Gasteiger partial charge in [0.1, 0.15) is 0 Å². The van der Waals surface area contributed by atoms with Gasteiger partial charge < -0.3 is 14.8 Å². The van der Waals surface area contributed by atoms with Crippen LogP contribution in [0.2, 0.25) is 0 Å². The van der Waals surface area contributed by atoms with Gasteiger partial charge in [-0.25, -0.2) is 4.39 Å². The van der Waals surface area contributed by atoms with E-state index in [2.05, 4.69) is 5.32 Å². The Morgan fingerprint density at radius 2 is 2.00 bits per heavy atom. The van der Waals surface area contributed by atoms with Crippen molar-refractivity contribution in [2.75, 3.05) is 19.8 Å². The van der Waals surface area contributed by atoms with Crippen molar-refractivity contribution in [1.82, 2.24) is 5.32 Å². The lowest BCUT2D eigenvalue weighted by molar-refractivity contribution is -0.143. The Morgan fingerprint density at radius 1 is 1.25 bits per heavy atom. The van der Waals surface area contributed by atoms with Crippen LogP contribution in [-0.4, -0.2) is 31.6 Å². The SMILES string of the molecule is CCOC(=O)CCNC(=O)CCOc1ccccc1F. The summed E-state index contributed by atoms with van der Waals surface area (Å²) in [4.78, 5) is 22.4. The van der Waals surface area contributed by atoms with Crippen molar-refractivity contribution in [2.45, 2.75) is 19.8 Å². The molecule has 0 aliphatic heterocycles. The Labute approximate surface area is 117 Å². The highest BCUT2D eigenvalue weighted by atomic mass is 19.1. The highest BCUT2D eigenvalue weighted by Gasteiger charge is 2.06. The molecular weight excluding hydrogens is 265 g/mol. The van der Waals surface area contributed by atoms with Crippen LogP contribution in [0.5, 0.6) is 5.75 Å². The van der Waals surface area contributed by atoms with Gasteiger partial charge in [0, 0.05) is 6.54 Å². The van der Waals surface area contributed by atoms with Crippen molar-refractivity contribution in [2.24, 2.45) is 0 Å². The fourth-order valence-corrected chi connectivity index (χ4v) is 1.44. The zero-order chi connectivity index (χ0) is 14.8. The number of ether oxygens (including phenoxy) is 2. The number of para-hydroxylation sites is 1. The van der Waals surface area contributed by atoms with Crippen LogP contribution < -0.4 is 10.1 Å². The van der Waals surface area contributed by atoms with Crippen molar-refractivity contribution < 1.29 is 23.5 Å². The minimum Gasteiger partial charge on any atom is -0.490 e. The fraction of sp³-hybridized carbons (Fsp3) is 0.429. The number of benzene rings is 1. The van der Waals surface area contributed by atoms with Gasteiger partial charge in [-0.2, -0.15) is 0 Å². The van der Waals surface area contributed by atoms with Gasteiger partial charge in [0.05, 0.1) is 26.1 Å². The van der Waals surface area contributed by atoms with Crippen LogP contribution >= 0.6 is 0 Å². The van der Waals surface area contributed by atoms with E-state index in [0.29, 0.717) is 6.61 Å². The minimum atomic E-state index is -0.463. The monoisotopic (exact) mass is 283 g/mol. The number of amides is 1. The molecule has 6 heteroatoms. The van der Waals surface area contributed by atoms with Crippen LogP contribution in [0.25, 0.3) is 0 Å². The Balaban J connectivity index is 2.14. The van der Waals surface area contributed by atoms with Gasteiger partial charge in [0.25, 0.3) is 0 Å². The summed E-state index contributed by atoms with van der Waals surface area (Å²) >= 11 is 0. The van der Waals surface area contributed by atoms with Crippen LogP contribution in [0.4, 0.5) is 4.39 Å². The predicted octanol–water partition coefficient (Wildman–Crippen LogP) is 1.66. The summed E-state index contributed by atoms with van der Waals surface area (Å²) in [6.07, 6.45) is 0.227. The number of carbonyl (C=O) groups is 2. The molecule has 1 aromatic carbocycles. The summed E-state index contributed by atoms with van der Waals surface area (Å²) in [5.41, 5.74) is 0. The van der Waals surface area contributed by atoms with Crippen molar-refractivity contribution in [3.05, 3.63) is 30.1 Å². The maximum Gasteiger partial charge on any atom is 0.307 e. The lowest BCUT2D eigenvalue weighted by Crippen LogP contribution is -2.27. The number of rotatable bonds is 8. The normalized spacial score (nSPS) is 9.90. The summed E-state index contributed by atoms with van der Waals surface area (Å²) in [6, 6.07) is 5.99. The molecule has 1 amide bonds. The number of esters is 1. The molecule has 0 bridgehead atoms. The first kappa shape index (κ1) is 15.9. The first-order valence-electron chi connectivity index (χ1n) is 6.43. The third-order valence-corrected chi connectivity index (χ3v) is 2.38. The topological polar surface area (TPSA) is 64.6 Å². The quantitative estimate of drug-likeness (QED) is 0.737. The van der Waals surface area contributed by atoms with Crippen molar-refractivity contribution in [1.29, 1.82) is 0 Å². The number of hydrogen-bond acceptors (Lipinski definition) is 4. The highest BCUT2D eigenvalue weighted by molar-refractivity contribution is 5.77. The molecule has 0 radical (unpaired) electrons. The molecule has 0 saturated carbocycles. The fourth-order valence-electron chi connectivity index (χ4n) is 1.44. The molecule has 0 heterocycles. The molecule has 5 nitrogen and oxygen atoms in total. The standard InChI is InChI=1S/C14H18FNO4/c1-2-19-14(18)7-9-16-13(17)8-10-20-12-6-4-3-5-11(12)15/h3-6H,2,7-10H2,1H3,(H,16,17). The molecule has 1 N–H and O–H groups in total. The summed E-state index contributed by atoms with van der Waals surface area (Å²) in [5, 5.41) is 2.56. The Hall–Kier alpha value is -2.11. The van der Waals surface area contributed by atoms with Gasteiger partial charge in [-0.1, -0.05) is 12.1 Å². The first-order chi connectivity index (χ1) is 9.63. The maximum absolute atomic E-state index is 13.2. The van der Waals surface area contributed by atoms with Crippen LogP contribution in [-0.2, 0) is 14.3 Å². The van der Waals surface area contributed by atoms with Gasteiger partial charge in [0.2, 0.25) is 5.91 Å². The van der Waals surface area contributed by atoms with E-state index in [1.165, 1.54) is 12.1 Å². The smallest absolute Gasteiger partial charge is 0.307 e. The van der Waals surface area contributed by atoms with Crippen LogP contribution in [0.15, 0.2) is 24.3 Å². The van der Waals surface area contributed by atoms with Gasteiger partial charge >= 0.3 is 5.97 Å². The van der Waals surface area contributed by atoms with E-state index < -0.39 is 5.82 Å². The Morgan fingerprint density at radius 3 is 2.70 bits per heavy atom. The first-order valence-corrected chi connectivity index (χ1v) is 6.43. The molecule has 1 aromatic rings. The third kappa shape index (κ3) is 6.17. The highest BCUT2D eigenvalue weighted by Crippen LogP contribution is 2.15. The van der Waals surface area contributed by atoms with E-state index in [9.17, 15) is 14.0 Å².